The summed E-state index contributed by atoms with van der Waals surface area (Å²) in [6, 6.07) is 16.8. The number of likely N-dealkylation sites (tertiary alicyclic amines) is 1. The number of benzene rings is 2. The highest BCUT2D eigenvalue weighted by Crippen LogP contribution is 2.31. The van der Waals surface area contributed by atoms with Crippen LogP contribution in [0.4, 0.5) is 11.4 Å². The minimum absolute atomic E-state index is 0.00818. The lowest BCUT2D eigenvalue weighted by Crippen LogP contribution is -2.48. The Morgan fingerprint density at radius 2 is 1.61 bits per heavy atom. The van der Waals surface area contributed by atoms with Crippen molar-refractivity contribution in [1.29, 1.82) is 0 Å². The zero-order valence-electron chi connectivity index (χ0n) is 18.8. The van der Waals surface area contributed by atoms with Gasteiger partial charge in [0, 0.05) is 36.9 Å². The zero-order valence-corrected chi connectivity index (χ0v) is 18.8. The summed E-state index contributed by atoms with van der Waals surface area (Å²) in [4.78, 5) is 16.9. The summed E-state index contributed by atoms with van der Waals surface area (Å²) >= 11 is 0. The molecule has 0 spiro atoms. The molecule has 2 aromatic carbocycles. The fraction of sp³-hybridized carbons (Fsp3) is 0.500. The number of carbonyl (C=O) groups excluding carboxylic acids is 1. The third-order valence-corrected chi connectivity index (χ3v) is 7.05. The summed E-state index contributed by atoms with van der Waals surface area (Å²) in [6.45, 7) is 8.58. The van der Waals surface area contributed by atoms with Crippen LogP contribution in [0.3, 0.4) is 0 Å². The first-order valence-electron chi connectivity index (χ1n) is 11.6. The first kappa shape index (κ1) is 21.7. The van der Waals surface area contributed by atoms with E-state index >= 15 is 0 Å². The van der Waals surface area contributed by atoms with Crippen molar-refractivity contribution in [2.45, 2.75) is 45.1 Å². The molecule has 0 aliphatic carbocycles. The van der Waals surface area contributed by atoms with Gasteiger partial charge < -0.3 is 15.4 Å². The topological polar surface area (TPSA) is 58.8 Å². The summed E-state index contributed by atoms with van der Waals surface area (Å²) in [5.41, 5.74) is 9.28. The van der Waals surface area contributed by atoms with Gasteiger partial charge in [0.25, 0.3) is 0 Å². The van der Waals surface area contributed by atoms with Gasteiger partial charge in [-0.25, -0.2) is 0 Å². The van der Waals surface area contributed by atoms with Crippen LogP contribution in [-0.2, 0) is 4.79 Å². The summed E-state index contributed by atoms with van der Waals surface area (Å²) < 4.78 is 5.97. The first-order valence-corrected chi connectivity index (χ1v) is 11.6. The van der Waals surface area contributed by atoms with Crippen LogP contribution in [0.1, 0.15) is 44.6 Å². The number of hydrogen-bond acceptors (Lipinski definition) is 5. The number of nitrogens with two attached hydrogens (primary N) is 1. The SMILES string of the molecule is CC1CCN(CCOc2ccc(C3CCN(c4ccc(N)cc4)CC3)cc2)[C@H](C)C1=O. The summed E-state index contributed by atoms with van der Waals surface area (Å²) in [5.74, 6) is 2.06. The van der Waals surface area contributed by atoms with E-state index in [2.05, 4.69) is 46.2 Å². The Labute approximate surface area is 186 Å². The lowest BCUT2D eigenvalue weighted by Gasteiger charge is -2.35. The highest BCUT2D eigenvalue weighted by Gasteiger charge is 2.30. The fourth-order valence-electron chi connectivity index (χ4n) is 4.87. The lowest BCUT2D eigenvalue weighted by atomic mass is 9.89. The molecule has 2 saturated heterocycles. The number of rotatable bonds is 6. The highest BCUT2D eigenvalue weighted by atomic mass is 16.5. The number of nitrogen functional groups attached to an aromatic ring is 1. The van der Waals surface area contributed by atoms with Crippen LogP contribution in [0.15, 0.2) is 48.5 Å². The molecule has 2 heterocycles. The number of ether oxygens (including phenoxy) is 1. The van der Waals surface area contributed by atoms with Crippen molar-refractivity contribution >= 4 is 17.2 Å². The molecule has 0 aromatic heterocycles. The quantitative estimate of drug-likeness (QED) is 0.704. The summed E-state index contributed by atoms with van der Waals surface area (Å²) in [6.07, 6.45) is 3.27. The largest absolute Gasteiger partial charge is 0.492 e. The van der Waals surface area contributed by atoms with E-state index in [9.17, 15) is 4.79 Å². The number of nitrogens with zero attached hydrogens (tertiary/aromatic N) is 2. The van der Waals surface area contributed by atoms with Crippen molar-refractivity contribution in [1.82, 2.24) is 4.90 Å². The highest BCUT2D eigenvalue weighted by molar-refractivity contribution is 5.86. The van der Waals surface area contributed by atoms with Gasteiger partial charge in [-0.15, -0.1) is 0 Å². The molecule has 2 fully saturated rings. The predicted molar refractivity (Wildman–Crippen MR) is 127 cm³/mol. The molecule has 2 aliphatic heterocycles. The third-order valence-electron chi connectivity index (χ3n) is 7.05. The van der Waals surface area contributed by atoms with Gasteiger partial charge in [0.2, 0.25) is 0 Å². The van der Waals surface area contributed by atoms with E-state index in [-0.39, 0.29) is 12.0 Å². The van der Waals surface area contributed by atoms with E-state index in [1.54, 1.807) is 0 Å². The van der Waals surface area contributed by atoms with Crippen molar-refractivity contribution < 1.29 is 9.53 Å². The number of hydrogen-bond donors (Lipinski definition) is 1. The van der Waals surface area contributed by atoms with Gasteiger partial charge in [0.05, 0.1) is 6.04 Å². The maximum absolute atomic E-state index is 12.2. The minimum atomic E-state index is 0.00818. The second-order valence-corrected chi connectivity index (χ2v) is 9.07. The van der Waals surface area contributed by atoms with E-state index in [1.807, 2.05) is 26.0 Å². The molecular weight excluding hydrogens is 386 g/mol. The molecular formula is C26H35N3O2. The van der Waals surface area contributed by atoms with Crippen molar-refractivity contribution in [3.8, 4) is 5.75 Å². The van der Waals surface area contributed by atoms with Gasteiger partial charge in [0.15, 0.2) is 5.78 Å². The van der Waals surface area contributed by atoms with Gasteiger partial charge in [-0.05, 0) is 80.6 Å². The van der Waals surface area contributed by atoms with Gasteiger partial charge in [-0.1, -0.05) is 19.1 Å². The molecule has 5 nitrogen and oxygen atoms in total. The van der Waals surface area contributed by atoms with E-state index < -0.39 is 0 Å². The summed E-state index contributed by atoms with van der Waals surface area (Å²) in [5, 5.41) is 0. The molecule has 2 aromatic rings. The Morgan fingerprint density at radius 1 is 0.935 bits per heavy atom. The van der Waals surface area contributed by atoms with Crippen LogP contribution in [0, 0.1) is 5.92 Å². The van der Waals surface area contributed by atoms with Crippen molar-refractivity contribution in [2.24, 2.45) is 5.92 Å². The molecule has 0 bridgehead atoms. The van der Waals surface area contributed by atoms with Crippen LogP contribution >= 0.6 is 0 Å². The average Bonchev–Trinajstić information content (AvgIpc) is 2.80. The molecule has 4 rings (SSSR count). The Bertz CT molecular complexity index is 857. The van der Waals surface area contributed by atoms with Crippen molar-refractivity contribution in [3.05, 3.63) is 54.1 Å². The van der Waals surface area contributed by atoms with Gasteiger partial charge in [-0.3, -0.25) is 9.69 Å². The zero-order chi connectivity index (χ0) is 21.8. The van der Waals surface area contributed by atoms with Crippen LogP contribution in [0.5, 0.6) is 5.75 Å². The molecule has 5 heteroatoms. The second kappa shape index (κ2) is 9.73. The van der Waals surface area contributed by atoms with Crippen LogP contribution in [0.25, 0.3) is 0 Å². The Kier molecular flexibility index (Phi) is 6.81. The predicted octanol–water partition coefficient (Wildman–Crippen LogP) is 4.33. The molecule has 2 N–H and O–H groups in total. The van der Waals surface area contributed by atoms with Gasteiger partial charge >= 0.3 is 0 Å². The Hall–Kier alpha value is -2.53. The maximum atomic E-state index is 12.2. The smallest absolute Gasteiger partial charge is 0.152 e. The van der Waals surface area contributed by atoms with Crippen LogP contribution in [0.2, 0.25) is 0 Å². The molecule has 2 aliphatic rings. The maximum Gasteiger partial charge on any atom is 0.152 e. The van der Waals surface area contributed by atoms with E-state index in [0.29, 0.717) is 18.3 Å². The number of anilines is 2. The Morgan fingerprint density at radius 3 is 2.29 bits per heavy atom. The fourth-order valence-corrected chi connectivity index (χ4v) is 4.87. The molecule has 0 radical (unpaired) electrons. The number of piperidine rings is 2. The number of Topliss-reactive ketones (excluding diaryl/α,β-unsaturated/α-hetero) is 1. The third kappa shape index (κ3) is 5.21. The normalized spacial score (nSPS) is 23.2. The lowest BCUT2D eigenvalue weighted by molar-refractivity contribution is -0.130. The Balaban J connectivity index is 1.23. The summed E-state index contributed by atoms with van der Waals surface area (Å²) in [7, 11) is 0. The second-order valence-electron chi connectivity index (χ2n) is 9.07. The number of ketones is 1. The minimum Gasteiger partial charge on any atom is -0.492 e. The van der Waals surface area contributed by atoms with E-state index in [1.165, 1.54) is 11.3 Å². The molecule has 31 heavy (non-hydrogen) atoms. The van der Waals surface area contributed by atoms with Crippen molar-refractivity contribution in [3.63, 3.8) is 0 Å². The van der Waals surface area contributed by atoms with E-state index in [0.717, 1.165) is 56.9 Å². The van der Waals surface area contributed by atoms with Crippen LogP contribution < -0.4 is 15.4 Å². The molecule has 166 valence electrons. The van der Waals surface area contributed by atoms with Crippen LogP contribution in [-0.4, -0.2) is 49.5 Å². The average molecular weight is 422 g/mol. The monoisotopic (exact) mass is 421 g/mol. The number of carbonyl (C=O) groups is 1. The molecule has 0 amide bonds. The molecule has 0 saturated carbocycles. The molecule has 1 unspecified atom stereocenters. The van der Waals surface area contributed by atoms with Gasteiger partial charge in [0.1, 0.15) is 12.4 Å². The van der Waals surface area contributed by atoms with Crippen molar-refractivity contribution in [2.75, 3.05) is 43.4 Å². The first-order chi connectivity index (χ1) is 15.0. The standard InChI is InChI=1S/C26H35N3O2/c1-19-11-14-28(20(2)26(19)30)17-18-31-25-9-3-21(4-10-25)22-12-15-29(16-13-22)24-7-5-23(27)6-8-24/h3-10,19-20,22H,11-18,27H2,1-2H3/t19?,20-/m1/s1. The molecule has 2 atom stereocenters. The van der Waals surface area contributed by atoms with Gasteiger partial charge in [-0.2, -0.15) is 0 Å². The van der Waals surface area contributed by atoms with E-state index in [4.69, 9.17) is 10.5 Å².